The highest BCUT2D eigenvalue weighted by Gasteiger charge is 2.30. The van der Waals surface area contributed by atoms with Gasteiger partial charge in [-0.2, -0.15) is 0 Å². The van der Waals surface area contributed by atoms with Gasteiger partial charge in [-0.25, -0.2) is 0 Å². The lowest BCUT2D eigenvalue weighted by molar-refractivity contribution is -0.384. The van der Waals surface area contributed by atoms with Crippen molar-refractivity contribution >= 4 is 17.3 Å². The van der Waals surface area contributed by atoms with E-state index in [2.05, 4.69) is 5.32 Å². The molecule has 1 amide bonds. The Morgan fingerprint density at radius 1 is 1.25 bits per heavy atom. The normalized spacial score (nSPS) is 14.1. The molecule has 2 N–H and O–H groups in total. The molecule has 0 saturated carbocycles. The maximum absolute atomic E-state index is 12.2. The summed E-state index contributed by atoms with van der Waals surface area (Å²) < 4.78 is 0. The van der Waals surface area contributed by atoms with Gasteiger partial charge in [0.15, 0.2) is 0 Å². The molecule has 7 heteroatoms. The second-order valence-corrected chi connectivity index (χ2v) is 5.69. The second-order valence-electron chi connectivity index (χ2n) is 5.69. The SMILES string of the molecule is O=C(c1ccc(NCc2ccccc2)c([N+](=O)[O-])c1)N1CC(O)C1. The lowest BCUT2D eigenvalue weighted by Gasteiger charge is -2.35. The van der Waals surface area contributed by atoms with E-state index in [9.17, 15) is 20.0 Å². The number of hydrogen-bond acceptors (Lipinski definition) is 5. The molecule has 0 radical (unpaired) electrons. The summed E-state index contributed by atoms with van der Waals surface area (Å²) in [6.07, 6.45) is -0.504. The minimum Gasteiger partial charge on any atom is -0.389 e. The number of carbonyl (C=O) groups excluding carboxylic acids is 1. The van der Waals surface area contributed by atoms with Gasteiger partial charge in [0.05, 0.1) is 11.0 Å². The first-order valence-corrected chi connectivity index (χ1v) is 7.58. The van der Waals surface area contributed by atoms with Gasteiger partial charge in [-0.15, -0.1) is 0 Å². The van der Waals surface area contributed by atoms with Gasteiger partial charge in [0.1, 0.15) is 5.69 Å². The molecule has 1 saturated heterocycles. The van der Waals surface area contributed by atoms with Crippen LogP contribution in [0, 0.1) is 10.1 Å². The van der Waals surface area contributed by atoms with E-state index >= 15 is 0 Å². The summed E-state index contributed by atoms with van der Waals surface area (Å²) in [4.78, 5) is 24.5. The van der Waals surface area contributed by atoms with Crippen LogP contribution in [0.5, 0.6) is 0 Å². The van der Waals surface area contributed by atoms with Crippen molar-refractivity contribution < 1.29 is 14.8 Å². The molecule has 2 aromatic carbocycles. The number of rotatable bonds is 5. The average molecular weight is 327 g/mol. The van der Waals surface area contributed by atoms with Crippen LogP contribution in [-0.4, -0.2) is 40.0 Å². The predicted octanol–water partition coefficient (Wildman–Crippen LogP) is 2.02. The molecule has 2 aromatic rings. The predicted molar refractivity (Wildman–Crippen MR) is 88.8 cm³/mol. The van der Waals surface area contributed by atoms with Crippen LogP contribution in [-0.2, 0) is 6.54 Å². The highest BCUT2D eigenvalue weighted by atomic mass is 16.6. The number of nitrogens with one attached hydrogen (secondary N) is 1. The molecule has 0 bridgehead atoms. The summed E-state index contributed by atoms with van der Waals surface area (Å²) in [6.45, 7) is 0.981. The zero-order valence-corrected chi connectivity index (χ0v) is 12.9. The van der Waals surface area contributed by atoms with Crippen molar-refractivity contribution in [3.8, 4) is 0 Å². The zero-order valence-electron chi connectivity index (χ0n) is 12.9. The van der Waals surface area contributed by atoms with Gasteiger partial charge in [-0.05, 0) is 17.7 Å². The first-order valence-electron chi connectivity index (χ1n) is 7.58. The number of nitro benzene ring substituents is 1. The van der Waals surface area contributed by atoms with Crippen molar-refractivity contribution in [2.75, 3.05) is 18.4 Å². The van der Waals surface area contributed by atoms with Gasteiger partial charge in [-0.1, -0.05) is 30.3 Å². The van der Waals surface area contributed by atoms with E-state index < -0.39 is 11.0 Å². The van der Waals surface area contributed by atoms with Gasteiger partial charge in [0.2, 0.25) is 0 Å². The van der Waals surface area contributed by atoms with E-state index in [1.807, 2.05) is 30.3 Å². The van der Waals surface area contributed by atoms with Crippen LogP contribution in [0.15, 0.2) is 48.5 Å². The maximum Gasteiger partial charge on any atom is 0.293 e. The summed E-state index contributed by atoms with van der Waals surface area (Å²) in [7, 11) is 0. The standard InChI is InChI=1S/C17H17N3O4/c21-14-10-19(11-14)17(22)13-6-7-15(16(8-13)20(23)24)18-9-12-4-2-1-3-5-12/h1-8,14,18,21H,9-11H2. The smallest absolute Gasteiger partial charge is 0.293 e. The van der Waals surface area contributed by atoms with Gasteiger partial charge in [-0.3, -0.25) is 14.9 Å². The highest BCUT2D eigenvalue weighted by molar-refractivity contribution is 5.96. The fourth-order valence-electron chi connectivity index (χ4n) is 2.56. The Labute approximate surface area is 138 Å². The summed E-state index contributed by atoms with van der Waals surface area (Å²) in [6, 6.07) is 13.9. The number of amides is 1. The number of β-amino-alcohol motifs (C(OH)–C–C–N with tert-alkyl or cyclic N) is 1. The topological polar surface area (TPSA) is 95.7 Å². The number of nitro groups is 1. The largest absolute Gasteiger partial charge is 0.389 e. The van der Waals surface area contributed by atoms with Crippen molar-refractivity contribution in [2.24, 2.45) is 0 Å². The molecule has 0 unspecified atom stereocenters. The van der Waals surface area contributed by atoms with Gasteiger partial charge >= 0.3 is 0 Å². The second kappa shape index (κ2) is 6.67. The third-order valence-electron chi connectivity index (χ3n) is 3.92. The van der Waals surface area contributed by atoms with Crippen molar-refractivity contribution in [1.29, 1.82) is 0 Å². The number of likely N-dealkylation sites (tertiary alicyclic amines) is 1. The van der Waals surface area contributed by atoms with Crippen LogP contribution < -0.4 is 5.32 Å². The molecule has 1 heterocycles. The summed E-state index contributed by atoms with van der Waals surface area (Å²) in [5.41, 5.74) is 1.47. The quantitative estimate of drug-likeness (QED) is 0.647. The molecule has 1 fully saturated rings. The third-order valence-corrected chi connectivity index (χ3v) is 3.92. The number of aliphatic hydroxyl groups is 1. The van der Waals surface area contributed by atoms with E-state index in [0.717, 1.165) is 5.56 Å². The molecule has 1 aliphatic heterocycles. The summed E-state index contributed by atoms with van der Waals surface area (Å²) >= 11 is 0. The zero-order chi connectivity index (χ0) is 17.1. The monoisotopic (exact) mass is 327 g/mol. The number of hydrogen-bond donors (Lipinski definition) is 2. The molecule has 0 aliphatic carbocycles. The lowest BCUT2D eigenvalue weighted by atomic mass is 10.1. The Hall–Kier alpha value is -2.93. The van der Waals surface area contributed by atoms with Gasteiger partial charge < -0.3 is 15.3 Å². The minimum atomic E-state index is -0.505. The fraction of sp³-hybridized carbons (Fsp3) is 0.235. The van der Waals surface area contributed by atoms with Crippen LogP contribution in [0.2, 0.25) is 0 Å². The molecule has 0 atom stereocenters. The first-order chi connectivity index (χ1) is 11.5. The fourth-order valence-corrected chi connectivity index (χ4v) is 2.56. The molecule has 0 spiro atoms. The van der Waals surface area contributed by atoms with E-state index in [1.54, 1.807) is 12.1 Å². The van der Waals surface area contributed by atoms with E-state index in [0.29, 0.717) is 12.2 Å². The van der Waals surface area contributed by atoms with E-state index in [4.69, 9.17) is 0 Å². The Bertz CT molecular complexity index is 758. The number of benzene rings is 2. The molecule has 24 heavy (non-hydrogen) atoms. The minimum absolute atomic E-state index is 0.141. The maximum atomic E-state index is 12.2. The van der Waals surface area contributed by atoms with E-state index in [-0.39, 0.29) is 30.2 Å². The molecular weight excluding hydrogens is 310 g/mol. The van der Waals surface area contributed by atoms with E-state index in [1.165, 1.54) is 11.0 Å². The number of nitrogens with zero attached hydrogens (tertiary/aromatic N) is 2. The van der Waals surface area contributed by atoms with Crippen molar-refractivity contribution in [1.82, 2.24) is 4.90 Å². The van der Waals surface area contributed by atoms with Crippen LogP contribution in [0.3, 0.4) is 0 Å². The Morgan fingerprint density at radius 3 is 2.58 bits per heavy atom. The van der Waals surface area contributed by atoms with Crippen LogP contribution in [0.1, 0.15) is 15.9 Å². The third kappa shape index (κ3) is 3.36. The first kappa shape index (κ1) is 15.9. The number of anilines is 1. The van der Waals surface area contributed by atoms with Crippen LogP contribution in [0.4, 0.5) is 11.4 Å². The highest BCUT2D eigenvalue weighted by Crippen LogP contribution is 2.27. The van der Waals surface area contributed by atoms with Crippen molar-refractivity contribution in [3.05, 3.63) is 69.8 Å². The van der Waals surface area contributed by atoms with Gasteiger partial charge in [0, 0.05) is 31.3 Å². The summed E-state index contributed by atoms with van der Waals surface area (Å²) in [5.74, 6) is -0.307. The Balaban J connectivity index is 1.77. The van der Waals surface area contributed by atoms with Gasteiger partial charge in [0.25, 0.3) is 11.6 Å². The van der Waals surface area contributed by atoms with Crippen LogP contribution in [0.25, 0.3) is 0 Å². The van der Waals surface area contributed by atoms with Crippen molar-refractivity contribution in [2.45, 2.75) is 12.6 Å². The molecular formula is C17H17N3O4. The lowest BCUT2D eigenvalue weighted by Crippen LogP contribution is -2.53. The summed E-state index contributed by atoms with van der Waals surface area (Å²) in [5, 5.41) is 23.6. The molecule has 1 aliphatic rings. The van der Waals surface area contributed by atoms with Crippen molar-refractivity contribution in [3.63, 3.8) is 0 Å². The molecule has 124 valence electrons. The Morgan fingerprint density at radius 2 is 1.96 bits per heavy atom. The molecule has 7 nitrogen and oxygen atoms in total. The Kier molecular flexibility index (Phi) is 4.43. The molecule has 0 aromatic heterocycles. The van der Waals surface area contributed by atoms with Crippen LogP contribution >= 0.6 is 0 Å². The number of aliphatic hydroxyl groups excluding tert-OH is 1. The average Bonchev–Trinajstić information content (AvgIpc) is 2.57. The molecule has 3 rings (SSSR count). The number of carbonyl (C=O) groups is 1.